The lowest BCUT2D eigenvalue weighted by Crippen LogP contribution is -2.54. The lowest BCUT2D eigenvalue weighted by molar-refractivity contribution is -0.0889. The number of thiol groups is 1. The molecule has 0 spiro atoms. The van der Waals surface area contributed by atoms with Crippen LogP contribution in [0.3, 0.4) is 0 Å². The topological polar surface area (TPSA) is 0 Å². The van der Waals surface area contributed by atoms with Crippen molar-refractivity contribution >= 4 is 12.6 Å². The molecule has 0 heterocycles. The number of hydrogen-bond donors (Lipinski definition) is 1. The van der Waals surface area contributed by atoms with Crippen molar-refractivity contribution in [1.29, 1.82) is 0 Å². The van der Waals surface area contributed by atoms with Crippen LogP contribution in [0.5, 0.6) is 0 Å². The van der Waals surface area contributed by atoms with Gasteiger partial charge < -0.3 is 0 Å². The van der Waals surface area contributed by atoms with Gasteiger partial charge in [-0.1, -0.05) is 49.5 Å². The van der Waals surface area contributed by atoms with Gasteiger partial charge in [-0.25, -0.2) is 0 Å². The molecule has 0 aromatic heterocycles. The van der Waals surface area contributed by atoms with E-state index in [4.69, 9.17) is 12.6 Å². The molecule has 30 heavy (non-hydrogen) atoms. The van der Waals surface area contributed by atoms with Crippen molar-refractivity contribution in [3.05, 3.63) is 22.8 Å². The second kappa shape index (κ2) is 7.16. The Balaban J connectivity index is 1.28. The molecule has 1 heteroatoms. The van der Waals surface area contributed by atoms with E-state index in [1.165, 1.54) is 77.0 Å². The summed E-state index contributed by atoms with van der Waals surface area (Å²) in [7, 11) is 0. The highest BCUT2D eigenvalue weighted by molar-refractivity contribution is 7.81. The van der Waals surface area contributed by atoms with E-state index >= 15 is 0 Å². The fraction of sp³-hybridized carbons (Fsp3) is 0.862. The summed E-state index contributed by atoms with van der Waals surface area (Å²) in [5.41, 5.74) is 6.33. The van der Waals surface area contributed by atoms with Gasteiger partial charge >= 0.3 is 0 Å². The fourth-order valence-electron chi connectivity index (χ4n) is 10.1. The largest absolute Gasteiger partial charge is 0.172 e. The molecule has 0 amide bonds. The van der Waals surface area contributed by atoms with Gasteiger partial charge in [0.05, 0.1) is 0 Å². The molecule has 0 aliphatic heterocycles. The zero-order valence-electron chi connectivity index (χ0n) is 19.8. The third kappa shape index (κ3) is 2.85. The van der Waals surface area contributed by atoms with Crippen molar-refractivity contribution in [3.63, 3.8) is 0 Å². The number of allylic oxidation sites excluding steroid dienone is 4. The Hall–Kier alpha value is -0.170. The van der Waals surface area contributed by atoms with E-state index < -0.39 is 0 Å². The van der Waals surface area contributed by atoms with E-state index in [9.17, 15) is 0 Å². The lowest BCUT2D eigenvalue weighted by Gasteiger charge is -2.62. The molecule has 0 aromatic rings. The minimum Gasteiger partial charge on any atom is -0.172 e. The summed E-state index contributed by atoms with van der Waals surface area (Å²) in [6, 6.07) is 0. The molecule has 0 N–H and O–H groups in total. The first-order chi connectivity index (χ1) is 14.4. The molecule has 7 rings (SSSR count). The van der Waals surface area contributed by atoms with Gasteiger partial charge in [-0.3, -0.25) is 0 Å². The third-order valence-corrected chi connectivity index (χ3v) is 12.3. The second-order valence-corrected chi connectivity index (χ2v) is 13.8. The van der Waals surface area contributed by atoms with E-state index in [0.29, 0.717) is 5.41 Å². The van der Waals surface area contributed by atoms with Crippen molar-refractivity contribution in [2.75, 3.05) is 0 Å². The molecule has 7 unspecified atom stereocenters. The summed E-state index contributed by atoms with van der Waals surface area (Å²) in [5, 5.41) is 0. The zero-order chi connectivity index (χ0) is 20.7. The highest BCUT2D eigenvalue weighted by Gasteiger charge is 2.57. The summed E-state index contributed by atoms with van der Waals surface area (Å²) >= 11 is 5.31. The molecule has 3 saturated carbocycles. The number of rotatable bonds is 4. The lowest BCUT2D eigenvalue weighted by atomic mass is 9.42. The molecule has 6 bridgehead atoms. The van der Waals surface area contributed by atoms with Gasteiger partial charge in [-0.05, 0) is 124 Å². The molecule has 0 nitrogen and oxygen atoms in total. The Kier molecular flexibility index (Phi) is 4.88. The van der Waals surface area contributed by atoms with Crippen LogP contribution in [0.15, 0.2) is 22.8 Å². The first kappa shape index (κ1) is 20.4. The van der Waals surface area contributed by atoms with Crippen molar-refractivity contribution < 1.29 is 0 Å². The van der Waals surface area contributed by atoms with Crippen molar-refractivity contribution in [2.24, 2.45) is 46.8 Å². The van der Waals surface area contributed by atoms with Gasteiger partial charge in [0.25, 0.3) is 0 Å². The van der Waals surface area contributed by atoms with Crippen LogP contribution in [0.25, 0.3) is 0 Å². The smallest absolute Gasteiger partial charge is 0.0198 e. The average Bonchev–Trinajstić information content (AvgIpc) is 2.70. The Morgan fingerprint density at radius 1 is 1.03 bits per heavy atom. The van der Waals surface area contributed by atoms with Crippen LogP contribution in [0, 0.1) is 46.8 Å². The van der Waals surface area contributed by atoms with Gasteiger partial charge in [0.2, 0.25) is 0 Å². The Morgan fingerprint density at radius 3 is 2.50 bits per heavy atom. The maximum Gasteiger partial charge on any atom is 0.0198 e. The maximum atomic E-state index is 5.31. The van der Waals surface area contributed by atoms with Gasteiger partial charge in [0, 0.05) is 4.75 Å². The van der Waals surface area contributed by atoms with Crippen molar-refractivity contribution in [3.8, 4) is 0 Å². The highest BCUT2D eigenvalue weighted by Crippen LogP contribution is 2.66. The summed E-state index contributed by atoms with van der Waals surface area (Å²) in [5.74, 6) is 6.43. The highest BCUT2D eigenvalue weighted by atomic mass is 32.1. The first-order valence-corrected chi connectivity index (χ1v) is 14.0. The Labute approximate surface area is 191 Å². The van der Waals surface area contributed by atoms with Crippen LogP contribution < -0.4 is 0 Å². The van der Waals surface area contributed by atoms with Crippen LogP contribution in [-0.4, -0.2) is 4.75 Å². The van der Waals surface area contributed by atoms with Crippen LogP contribution in [-0.2, 0) is 0 Å². The average molecular weight is 425 g/mol. The quantitative estimate of drug-likeness (QED) is 0.340. The molecule has 3 fully saturated rings. The van der Waals surface area contributed by atoms with E-state index in [1.54, 1.807) is 6.42 Å². The van der Waals surface area contributed by atoms with Gasteiger partial charge in [-0.15, -0.1) is 0 Å². The van der Waals surface area contributed by atoms with E-state index in [2.05, 4.69) is 26.8 Å². The van der Waals surface area contributed by atoms with Crippen LogP contribution in [0.4, 0.5) is 0 Å². The van der Waals surface area contributed by atoms with Gasteiger partial charge in [0.15, 0.2) is 0 Å². The number of fused-ring (bicyclic) bond motifs is 3. The maximum absolute atomic E-state index is 5.31. The Bertz CT molecular complexity index is 751. The zero-order valence-corrected chi connectivity index (χ0v) is 20.7. The van der Waals surface area contributed by atoms with E-state index in [1.807, 2.05) is 16.7 Å². The van der Waals surface area contributed by atoms with E-state index in [-0.39, 0.29) is 4.75 Å². The van der Waals surface area contributed by atoms with Crippen molar-refractivity contribution in [1.82, 2.24) is 0 Å². The summed E-state index contributed by atoms with van der Waals surface area (Å²) < 4.78 is 0.266. The van der Waals surface area contributed by atoms with Gasteiger partial charge in [0.1, 0.15) is 0 Å². The summed E-state index contributed by atoms with van der Waals surface area (Å²) in [6.45, 7) is 7.61. The van der Waals surface area contributed by atoms with Crippen LogP contribution in [0.2, 0.25) is 0 Å². The van der Waals surface area contributed by atoms with Crippen LogP contribution in [0.1, 0.15) is 104 Å². The molecule has 0 aromatic carbocycles. The predicted molar refractivity (Wildman–Crippen MR) is 131 cm³/mol. The van der Waals surface area contributed by atoms with Crippen molar-refractivity contribution in [2.45, 2.75) is 109 Å². The minimum absolute atomic E-state index is 0.266. The van der Waals surface area contributed by atoms with Gasteiger partial charge in [-0.2, -0.15) is 12.6 Å². The molecule has 0 radical (unpaired) electrons. The summed E-state index contributed by atoms with van der Waals surface area (Å²) in [4.78, 5) is 0. The molecule has 7 aliphatic carbocycles. The molecular formula is C29H44S. The first-order valence-electron chi connectivity index (χ1n) is 13.5. The standard InChI is InChI=1S/C29H44S/c1-4-18(2)29(24-11-20-10-21(13-24)14-25(29)12-20)17-19-8-9-22-16-23-6-5-7-27(26(22)15-19)28(23,3)30/h10,18-20,23-25,27,30H,4-9,11-17H2,1-3H3. The van der Waals surface area contributed by atoms with E-state index in [0.717, 1.165) is 41.4 Å². The molecule has 166 valence electrons. The summed E-state index contributed by atoms with van der Waals surface area (Å²) in [6.07, 6.45) is 21.6. The number of hydrogen-bond acceptors (Lipinski definition) is 1. The second-order valence-electron chi connectivity index (χ2n) is 12.8. The molecule has 7 aliphatic rings. The third-order valence-electron chi connectivity index (χ3n) is 11.7. The monoisotopic (exact) mass is 424 g/mol. The fourth-order valence-corrected chi connectivity index (χ4v) is 10.7. The molecular weight excluding hydrogens is 380 g/mol. The molecule has 0 saturated heterocycles. The molecule has 7 atom stereocenters. The predicted octanol–water partition coefficient (Wildman–Crippen LogP) is 8.39. The Morgan fingerprint density at radius 2 is 1.80 bits per heavy atom. The normalized spacial score (nSPS) is 50.3. The van der Waals surface area contributed by atoms with Crippen LogP contribution >= 0.6 is 12.6 Å². The SMILES string of the molecule is CCC(C)C1(CC2CCC3=C(C2)C2CCCC(C3)C2(C)S)C2CC3=CC(C2)CC1C3. The minimum atomic E-state index is 0.266.